The lowest BCUT2D eigenvalue weighted by Crippen LogP contribution is -2.16. The quantitative estimate of drug-likeness (QED) is 0.889. The minimum atomic E-state index is -4.29. The number of hydrogen-bond acceptors (Lipinski definition) is 1. The van der Waals surface area contributed by atoms with Gasteiger partial charge in [0.15, 0.2) is 0 Å². The first-order chi connectivity index (χ1) is 10.5. The lowest BCUT2D eigenvalue weighted by molar-refractivity contribution is -0.137. The summed E-state index contributed by atoms with van der Waals surface area (Å²) < 4.78 is 38.8. The molecule has 2 aromatic rings. The molecule has 1 atom stereocenters. The van der Waals surface area contributed by atoms with Gasteiger partial charge in [0.05, 0.1) is 5.56 Å². The fraction of sp³-hybridized carbons (Fsp3) is 0.333. The molecule has 0 spiro atoms. The van der Waals surface area contributed by atoms with Crippen molar-refractivity contribution in [2.24, 2.45) is 5.73 Å². The van der Waals surface area contributed by atoms with Gasteiger partial charge in [0.2, 0.25) is 0 Å². The zero-order chi connectivity index (χ0) is 15.7. The molecule has 2 aromatic carbocycles. The van der Waals surface area contributed by atoms with Crippen LogP contribution in [0.1, 0.15) is 46.6 Å². The van der Waals surface area contributed by atoms with Gasteiger partial charge < -0.3 is 5.73 Å². The minimum absolute atomic E-state index is 0.144. The summed E-state index contributed by atoms with van der Waals surface area (Å²) in [6.45, 7) is 0.592. The zero-order valence-corrected chi connectivity index (χ0v) is 12.2. The molecule has 1 aliphatic rings. The molecule has 1 aliphatic carbocycles. The average molecular weight is 305 g/mol. The number of benzene rings is 2. The predicted octanol–water partition coefficient (Wildman–Crippen LogP) is 4.48. The molecular weight excluding hydrogens is 287 g/mol. The van der Waals surface area contributed by atoms with Crippen LogP contribution >= 0.6 is 0 Å². The number of nitrogens with two attached hydrogens (primary N) is 1. The van der Waals surface area contributed by atoms with Gasteiger partial charge in [-0.25, -0.2) is 0 Å². The fourth-order valence-electron chi connectivity index (χ4n) is 3.32. The largest absolute Gasteiger partial charge is 0.416 e. The molecule has 0 fully saturated rings. The number of hydrogen-bond donors (Lipinski definition) is 1. The Morgan fingerprint density at radius 3 is 2.45 bits per heavy atom. The van der Waals surface area contributed by atoms with Gasteiger partial charge in [-0.2, -0.15) is 13.2 Å². The highest BCUT2D eigenvalue weighted by Gasteiger charge is 2.33. The van der Waals surface area contributed by atoms with E-state index < -0.39 is 11.7 Å². The Hall–Kier alpha value is -1.81. The van der Waals surface area contributed by atoms with Gasteiger partial charge in [-0.15, -0.1) is 0 Å². The molecule has 0 aliphatic heterocycles. The van der Waals surface area contributed by atoms with E-state index in [1.165, 1.54) is 17.7 Å². The topological polar surface area (TPSA) is 26.0 Å². The molecule has 3 rings (SSSR count). The van der Waals surface area contributed by atoms with Gasteiger partial charge in [0.25, 0.3) is 0 Å². The molecule has 116 valence electrons. The first-order valence-corrected chi connectivity index (χ1v) is 7.48. The lowest BCUT2D eigenvalue weighted by atomic mass is 9.75. The maximum atomic E-state index is 12.9. The SMILES string of the molecule is NCCCC1c2ccccc2Cc2cc(C(F)(F)F)ccc21. The van der Waals surface area contributed by atoms with E-state index in [0.717, 1.165) is 29.5 Å². The van der Waals surface area contributed by atoms with E-state index in [2.05, 4.69) is 6.07 Å². The fourth-order valence-corrected chi connectivity index (χ4v) is 3.32. The molecule has 0 radical (unpaired) electrons. The summed E-state index contributed by atoms with van der Waals surface area (Å²) in [7, 11) is 0. The first kappa shape index (κ1) is 15.1. The molecule has 4 heteroatoms. The van der Waals surface area contributed by atoms with Crippen molar-refractivity contribution in [2.45, 2.75) is 31.4 Å². The number of halogens is 3. The van der Waals surface area contributed by atoms with Crippen molar-refractivity contribution < 1.29 is 13.2 Å². The Morgan fingerprint density at radius 1 is 1.00 bits per heavy atom. The summed E-state index contributed by atoms with van der Waals surface area (Å²) in [5.41, 5.74) is 9.20. The number of alkyl halides is 3. The predicted molar refractivity (Wildman–Crippen MR) is 80.8 cm³/mol. The van der Waals surface area contributed by atoms with Crippen LogP contribution in [0.5, 0.6) is 0 Å². The molecule has 0 saturated carbocycles. The Balaban J connectivity index is 2.06. The number of fused-ring (bicyclic) bond motifs is 2. The third kappa shape index (κ3) is 2.75. The smallest absolute Gasteiger partial charge is 0.330 e. The van der Waals surface area contributed by atoms with Gasteiger partial charge in [-0.1, -0.05) is 30.3 Å². The monoisotopic (exact) mass is 305 g/mol. The Morgan fingerprint density at radius 2 is 1.73 bits per heavy atom. The highest BCUT2D eigenvalue weighted by Crippen LogP contribution is 2.41. The summed E-state index contributed by atoms with van der Waals surface area (Å²) in [4.78, 5) is 0. The molecule has 22 heavy (non-hydrogen) atoms. The van der Waals surface area contributed by atoms with Crippen molar-refractivity contribution in [3.05, 3.63) is 70.3 Å². The van der Waals surface area contributed by atoms with Crippen molar-refractivity contribution in [2.75, 3.05) is 6.54 Å². The van der Waals surface area contributed by atoms with Crippen molar-refractivity contribution >= 4 is 0 Å². The highest BCUT2D eigenvalue weighted by atomic mass is 19.4. The van der Waals surface area contributed by atoms with Crippen LogP contribution in [-0.4, -0.2) is 6.54 Å². The van der Waals surface area contributed by atoms with Crippen molar-refractivity contribution in [3.63, 3.8) is 0 Å². The summed E-state index contributed by atoms with van der Waals surface area (Å²) in [6, 6.07) is 12.2. The van der Waals surface area contributed by atoms with Crippen LogP contribution in [-0.2, 0) is 12.6 Å². The van der Waals surface area contributed by atoms with Gasteiger partial charge in [0, 0.05) is 5.92 Å². The summed E-state index contributed by atoms with van der Waals surface area (Å²) in [5, 5.41) is 0. The highest BCUT2D eigenvalue weighted by molar-refractivity contribution is 5.50. The normalized spacial score (nSPS) is 17.0. The molecule has 0 heterocycles. The first-order valence-electron chi connectivity index (χ1n) is 7.48. The van der Waals surface area contributed by atoms with E-state index >= 15 is 0 Å². The van der Waals surface area contributed by atoms with Crippen LogP contribution in [0.3, 0.4) is 0 Å². The second-order valence-corrected chi connectivity index (χ2v) is 5.77. The van der Waals surface area contributed by atoms with Crippen molar-refractivity contribution in [1.29, 1.82) is 0 Å². The summed E-state index contributed by atoms with van der Waals surface area (Å²) in [5.74, 6) is 0.144. The minimum Gasteiger partial charge on any atom is -0.330 e. The molecule has 0 bridgehead atoms. The zero-order valence-electron chi connectivity index (χ0n) is 12.2. The van der Waals surface area contributed by atoms with Crippen molar-refractivity contribution in [1.82, 2.24) is 0 Å². The Kier molecular flexibility index (Phi) is 3.96. The van der Waals surface area contributed by atoms with Crippen LogP contribution in [0.2, 0.25) is 0 Å². The Bertz CT molecular complexity index is 676. The van der Waals surface area contributed by atoms with Crippen molar-refractivity contribution in [3.8, 4) is 0 Å². The van der Waals surface area contributed by atoms with Gasteiger partial charge in [0.1, 0.15) is 0 Å². The molecular formula is C18H18F3N. The van der Waals surface area contributed by atoms with Gasteiger partial charge >= 0.3 is 6.18 Å². The van der Waals surface area contributed by atoms with Crippen LogP contribution in [0.4, 0.5) is 13.2 Å². The third-order valence-electron chi connectivity index (χ3n) is 4.35. The molecule has 2 N–H and O–H groups in total. The second kappa shape index (κ2) is 5.76. The van der Waals surface area contributed by atoms with E-state index in [-0.39, 0.29) is 5.92 Å². The van der Waals surface area contributed by atoms with Gasteiger partial charge in [-0.05, 0) is 60.2 Å². The maximum absolute atomic E-state index is 12.9. The van der Waals surface area contributed by atoms with E-state index in [1.807, 2.05) is 18.2 Å². The van der Waals surface area contributed by atoms with Crippen LogP contribution in [0.25, 0.3) is 0 Å². The number of rotatable bonds is 3. The van der Waals surface area contributed by atoms with Crippen LogP contribution in [0.15, 0.2) is 42.5 Å². The van der Waals surface area contributed by atoms with E-state index in [1.54, 1.807) is 6.07 Å². The lowest BCUT2D eigenvalue weighted by Gasteiger charge is -2.29. The summed E-state index contributed by atoms with van der Waals surface area (Å²) >= 11 is 0. The standard InChI is InChI=1S/C18H18F3N/c19-18(20,21)14-7-8-16-13(11-14)10-12-4-1-2-5-15(12)17(16)6-3-9-22/h1-2,4-5,7-8,11,17H,3,6,9-10,22H2. The van der Waals surface area contributed by atoms with Crippen LogP contribution in [0, 0.1) is 0 Å². The Labute approximate surface area is 128 Å². The van der Waals surface area contributed by atoms with E-state index in [4.69, 9.17) is 5.73 Å². The average Bonchev–Trinajstić information content (AvgIpc) is 2.50. The second-order valence-electron chi connectivity index (χ2n) is 5.77. The van der Waals surface area contributed by atoms with E-state index in [0.29, 0.717) is 13.0 Å². The molecule has 1 unspecified atom stereocenters. The molecule has 1 nitrogen and oxygen atoms in total. The van der Waals surface area contributed by atoms with E-state index in [9.17, 15) is 13.2 Å². The molecule has 0 amide bonds. The van der Waals surface area contributed by atoms with Crippen LogP contribution < -0.4 is 5.73 Å². The molecule has 0 aromatic heterocycles. The third-order valence-corrected chi connectivity index (χ3v) is 4.35. The maximum Gasteiger partial charge on any atom is 0.416 e. The van der Waals surface area contributed by atoms with Gasteiger partial charge in [-0.3, -0.25) is 0 Å². The summed E-state index contributed by atoms with van der Waals surface area (Å²) in [6.07, 6.45) is -2.00. The molecule has 0 saturated heterocycles.